The molecule has 1 fully saturated rings. The molecule has 3 heterocycles. The number of hydrogen-bond donors (Lipinski definition) is 0. The van der Waals surface area contributed by atoms with Crippen molar-refractivity contribution in [3.63, 3.8) is 0 Å². The minimum Gasteiger partial charge on any atom is -0.378 e. The second-order valence-corrected chi connectivity index (χ2v) is 4.55. The predicted molar refractivity (Wildman–Crippen MR) is 70.1 cm³/mol. The Bertz CT molecular complexity index is 557. The summed E-state index contributed by atoms with van der Waals surface area (Å²) in [4.78, 5) is 7.00. The fraction of sp³-hybridized carbons (Fsp3) is 0.538. The van der Waals surface area contributed by atoms with Gasteiger partial charge in [-0.15, -0.1) is 0 Å². The van der Waals surface area contributed by atoms with Gasteiger partial charge in [0.25, 0.3) is 0 Å². The van der Waals surface area contributed by atoms with Crippen LogP contribution in [0.2, 0.25) is 0 Å². The first kappa shape index (κ1) is 11.5. The molecule has 96 valence electrons. The minimum atomic E-state index is 0.787. The average Bonchev–Trinajstić information content (AvgIpc) is 2.74. The number of fused-ring (bicyclic) bond motifs is 1. The van der Waals surface area contributed by atoms with Gasteiger partial charge >= 0.3 is 0 Å². The van der Waals surface area contributed by atoms with Gasteiger partial charge in [0.1, 0.15) is 0 Å². The van der Waals surface area contributed by atoms with E-state index in [0.29, 0.717) is 0 Å². The van der Waals surface area contributed by atoms with E-state index in [2.05, 4.69) is 28.8 Å². The van der Waals surface area contributed by atoms with Crippen molar-refractivity contribution in [2.75, 3.05) is 31.2 Å². The van der Waals surface area contributed by atoms with Crippen LogP contribution in [0.1, 0.15) is 18.3 Å². The van der Waals surface area contributed by atoms with E-state index in [1.807, 2.05) is 16.8 Å². The Labute approximate surface area is 106 Å². The van der Waals surface area contributed by atoms with E-state index in [-0.39, 0.29) is 0 Å². The van der Waals surface area contributed by atoms with Crippen molar-refractivity contribution in [2.45, 2.75) is 20.3 Å². The zero-order chi connectivity index (χ0) is 12.5. The van der Waals surface area contributed by atoms with Gasteiger partial charge in [-0.05, 0) is 19.4 Å². The molecule has 5 nitrogen and oxygen atoms in total. The number of morpholine rings is 1. The van der Waals surface area contributed by atoms with Crippen molar-refractivity contribution in [1.29, 1.82) is 0 Å². The number of rotatable bonds is 2. The van der Waals surface area contributed by atoms with E-state index in [0.717, 1.165) is 49.8 Å². The average molecular weight is 246 g/mol. The number of nitrogens with zero attached hydrogens (tertiary/aromatic N) is 4. The van der Waals surface area contributed by atoms with Crippen molar-refractivity contribution >= 4 is 11.3 Å². The van der Waals surface area contributed by atoms with Gasteiger partial charge in [0.15, 0.2) is 5.65 Å². The molecule has 0 aliphatic carbocycles. The summed E-state index contributed by atoms with van der Waals surface area (Å²) >= 11 is 0. The van der Waals surface area contributed by atoms with E-state index in [9.17, 15) is 0 Å². The van der Waals surface area contributed by atoms with Crippen LogP contribution in [-0.4, -0.2) is 40.9 Å². The second-order valence-electron chi connectivity index (χ2n) is 4.55. The number of aryl methyl sites for hydroxylation is 2. The Hall–Kier alpha value is -1.62. The number of anilines is 1. The van der Waals surface area contributed by atoms with E-state index in [1.54, 1.807) is 0 Å². The van der Waals surface area contributed by atoms with Crippen LogP contribution in [0.25, 0.3) is 5.65 Å². The lowest BCUT2D eigenvalue weighted by atomic mass is 10.3. The van der Waals surface area contributed by atoms with Crippen molar-refractivity contribution in [1.82, 2.24) is 14.6 Å². The summed E-state index contributed by atoms with van der Waals surface area (Å²) in [5.74, 6) is 0. The number of imidazole rings is 1. The van der Waals surface area contributed by atoms with E-state index in [1.165, 1.54) is 5.69 Å². The maximum atomic E-state index is 5.40. The van der Waals surface area contributed by atoms with Crippen LogP contribution in [0, 0.1) is 6.92 Å². The SMILES string of the molecule is CCc1c(C)nc2c(N3CCOCC3)ccnn12. The summed E-state index contributed by atoms with van der Waals surface area (Å²) in [5, 5.41) is 4.42. The third-order valence-corrected chi connectivity index (χ3v) is 3.48. The predicted octanol–water partition coefficient (Wildman–Crippen LogP) is 1.44. The van der Waals surface area contributed by atoms with Gasteiger partial charge in [-0.3, -0.25) is 0 Å². The highest BCUT2D eigenvalue weighted by Gasteiger charge is 2.17. The summed E-state index contributed by atoms with van der Waals surface area (Å²) in [6.07, 6.45) is 2.81. The van der Waals surface area contributed by atoms with Crippen LogP contribution >= 0.6 is 0 Å². The van der Waals surface area contributed by atoms with Crippen LogP contribution in [0.4, 0.5) is 5.69 Å². The molecule has 0 saturated carbocycles. The molecule has 0 spiro atoms. The van der Waals surface area contributed by atoms with Crippen LogP contribution in [0.15, 0.2) is 12.3 Å². The third-order valence-electron chi connectivity index (χ3n) is 3.48. The maximum absolute atomic E-state index is 5.40. The van der Waals surface area contributed by atoms with Crippen molar-refractivity contribution in [2.24, 2.45) is 0 Å². The molecular weight excluding hydrogens is 228 g/mol. The maximum Gasteiger partial charge on any atom is 0.177 e. The zero-order valence-corrected chi connectivity index (χ0v) is 10.9. The first-order chi connectivity index (χ1) is 8.81. The van der Waals surface area contributed by atoms with E-state index in [4.69, 9.17) is 4.74 Å². The topological polar surface area (TPSA) is 42.7 Å². The normalized spacial score (nSPS) is 16.4. The van der Waals surface area contributed by atoms with Crippen LogP contribution < -0.4 is 4.90 Å². The largest absolute Gasteiger partial charge is 0.378 e. The summed E-state index contributed by atoms with van der Waals surface area (Å²) in [6, 6.07) is 2.05. The Morgan fingerprint density at radius 3 is 2.83 bits per heavy atom. The van der Waals surface area contributed by atoms with Crippen molar-refractivity contribution < 1.29 is 4.74 Å². The van der Waals surface area contributed by atoms with Crippen LogP contribution in [0.5, 0.6) is 0 Å². The highest BCUT2D eigenvalue weighted by molar-refractivity contribution is 5.69. The lowest BCUT2D eigenvalue weighted by Gasteiger charge is -2.28. The molecule has 0 radical (unpaired) electrons. The summed E-state index contributed by atoms with van der Waals surface area (Å²) in [6.45, 7) is 7.61. The molecule has 1 aliphatic heterocycles. The minimum absolute atomic E-state index is 0.787. The number of hydrogen-bond acceptors (Lipinski definition) is 4. The highest BCUT2D eigenvalue weighted by atomic mass is 16.5. The van der Waals surface area contributed by atoms with E-state index >= 15 is 0 Å². The Morgan fingerprint density at radius 2 is 2.11 bits per heavy atom. The first-order valence-corrected chi connectivity index (χ1v) is 6.47. The van der Waals surface area contributed by atoms with Gasteiger partial charge in [-0.1, -0.05) is 6.92 Å². The molecule has 0 amide bonds. The number of aromatic nitrogens is 3. The van der Waals surface area contributed by atoms with Gasteiger partial charge < -0.3 is 9.64 Å². The summed E-state index contributed by atoms with van der Waals surface area (Å²) < 4.78 is 7.37. The lowest BCUT2D eigenvalue weighted by Crippen LogP contribution is -2.36. The molecule has 2 aromatic rings. The molecule has 0 N–H and O–H groups in total. The summed E-state index contributed by atoms with van der Waals surface area (Å²) in [5.41, 5.74) is 4.40. The van der Waals surface area contributed by atoms with Gasteiger partial charge in [-0.2, -0.15) is 5.10 Å². The fourth-order valence-corrected chi connectivity index (χ4v) is 2.54. The molecule has 5 heteroatoms. The van der Waals surface area contributed by atoms with E-state index < -0.39 is 0 Å². The van der Waals surface area contributed by atoms with Crippen molar-refractivity contribution in [3.05, 3.63) is 23.7 Å². The molecule has 0 unspecified atom stereocenters. The third kappa shape index (κ3) is 1.75. The molecule has 0 aromatic carbocycles. The standard InChI is InChI=1S/C13H18N4O/c1-3-11-10(2)15-13-12(4-5-14-17(11)13)16-6-8-18-9-7-16/h4-5H,3,6-9H2,1-2H3. The molecule has 0 atom stereocenters. The first-order valence-electron chi connectivity index (χ1n) is 6.47. The number of ether oxygens (including phenoxy) is 1. The monoisotopic (exact) mass is 246 g/mol. The Balaban J connectivity index is 2.11. The van der Waals surface area contributed by atoms with Crippen molar-refractivity contribution in [3.8, 4) is 0 Å². The summed E-state index contributed by atoms with van der Waals surface area (Å²) in [7, 11) is 0. The Kier molecular flexibility index (Phi) is 2.91. The van der Waals surface area contributed by atoms with Crippen LogP contribution in [-0.2, 0) is 11.2 Å². The molecule has 0 bridgehead atoms. The lowest BCUT2D eigenvalue weighted by molar-refractivity contribution is 0.123. The molecular formula is C13H18N4O. The Morgan fingerprint density at radius 1 is 1.33 bits per heavy atom. The van der Waals surface area contributed by atoms with Gasteiger partial charge in [0.05, 0.1) is 36.5 Å². The zero-order valence-electron chi connectivity index (χ0n) is 10.9. The van der Waals surface area contributed by atoms with Crippen LogP contribution in [0.3, 0.4) is 0 Å². The second kappa shape index (κ2) is 4.57. The quantitative estimate of drug-likeness (QED) is 0.804. The molecule has 2 aromatic heterocycles. The van der Waals surface area contributed by atoms with Gasteiger partial charge in [0.2, 0.25) is 0 Å². The highest BCUT2D eigenvalue weighted by Crippen LogP contribution is 2.23. The van der Waals surface area contributed by atoms with Gasteiger partial charge in [-0.25, -0.2) is 9.50 Å². The molecule has 18 heavy (non-hydrogen) atoms. The molecule has 3 rings (SSSR count). The molecule has 1 aliphatic rings. The molecule has 1 saturated heterocycles. The van der Waals surface area contributed by atoms with Gasteiger partial charge in [0, 0.05) is 13.1 Å². The fourth-order valence-electron chi connectivity index (χ4n) is 2.54. The smallest absolute Gasteiger partial charge is 0.177 e.